The number of halogens is 2. The number of rotatable bonds is 2. The van der Waals surface area contributed by atoms with Gasteiger partial charge in [-0.1, -0.05) is 0 Å². The number of aryl methyl sites for hydroxylation is 1. The Morgan fingerprint density at radius 2 is 2.19 bits per heavy atom. The number of hydrogen-bond donors (Lipinski definition) is 0. The molecule has 0 aliphatic carbocycles. The van der Waals surface area contributed by atoms with Gasteiger partial charge in [0, 0.05) is 17.5 Å². The number of hydrogen-bond acceptors (Lipinski definition) is 3. The van der Waals surface area contributed by atoms with E-state index in [9.17, 15) is 0 Å². The second-order valence-corrected chi connectivity index (χ2v) is 6.57. The molecular weight excluding hydrogens is 308 g/mol. The molecule has 5 heteroatoms. The van der Waals surface area contributed by atoms with Crippen LogP contribution in [0.25, 0.3) is 10.7 Å². The van der Waals surface area contributed by atoms with Crippen molar-refractivity contribution in [2.45, 2.75) is 19.2 Å². The van der Waals surface area contributed by atoms with Gasteiger partial charge in [0.05, 0.1) is 14.0 Å². The van der Waals surface area contributed by atoms with Crippen LogP contribution in [0.1, 0.15) is 23.6 Å². The molecule has 0 amide bonds. The largest absolute Gasteiger partial charge is 0.236 e. The van der Waals surface area contributed by atoms with Crippen LogP contribution in [0.15, 0.2) is 22.1 Å². The highest BCUT2D eigenvalue weighted by molar-refractivity contribution is 9.11. The minimum Gasteiger partial charge on any atom is -0.236 e. The molecule has 2 nitrogen and oxygen atoms in total. The summed E-state index contributed by atoms with van der Waals surface area (Å²) in [6.07, 6.45) is 1.81. The van der Waals surface area contributed by atoms with Crippen molar-refractivity contribution in [1.29, 1.82) is 0 Å². The lowest BCUT2D eigenvalue weighted by Gasteiger charge is -2.07. The van der Waals surface area contributed by atoms with E-state index >= 15 is 0 Å². The SMILES string of the molecule is Cc1nc(-c2ccc(Br)s2)ncc1C(C)Cl. The van der Waals surface area contributed by atoms with Crippen LogP contribution in [0, 0.1) is 6.92 Å². The maximum Gasteiger partial charge on any atom is 0.169 e. The molecule has 0 saturated heterocycles. The monoisotopic (exact) mass is 316 g/mol. The molecular formula is C11H10BrClN2S. The lowest BCUT2D eigenvalue weighted by Crippen LogP contribution is -1.97. The normalized spacial score (nSPS) is 12.8. The Labute approximate surface area is 112 Å². The first-order valence-corrected chi connectivity index (χ1v) is 6.86. The fourth-order valence-electron chi connectivity index (χ4n) is 1.42. The van der Waals surface area contributed by atoms with Crippen molar-refractivity contribution in [3.05, 3.63) is 33.4 Å². The van der Waals surface area contributed by atoms with Crippen molar-refractivity contribution in [2.75, 3.05) is 0 Å². The first kappa shape index (κ1) is 12.0. The van der Waals surface area contributed by atoms with Gasteiger partial charge in [0.2, 0.25) is 0 Å². The summed E-state index contributed by atoms with van der Waals surface area (Å²) in [5, 5.41) is -0.0517. The second-order valence-electron chi connectivity index (χ2n) is 3.45. The standard InChI is InChI=1S/C11H10BrClN2S/c1-6(13)8-5-14-11(15-7(8)2)9-3-4-10(12)16-9/h3-6H,1-2H3. The molecule has 16 heavy (non-hydrogen) atoms. The maximum atomic E-state index is 6.03. The quantitative estimate of drug-likeness (QED) is 0.758. The lowest BCUT2D eigenvalue weighted by molar-refractivity contribution is 0.978. The van der Waals surface area contributed by atoms with Gasteiger partial charge in [0.1, 0.15) is 0 Å². The third kappa shape index (κ3) is 2.44. The zero-order valence-corrected chi connectivity index (χ0v) is 12.0. The molecule has 0 fully saturated rings. The summed E-state index contributed by atoms with van der Waals surface area (Å²) in [5.74, 6) is 0.759. The Morgan fingerprint density at radius 1 is 1.44 bits per heavy atom. The van der Waals surface area contributed by atoms with Crippen LogP contribution in [0.2, 0.25) is 0 Å². The van der Waals surface area contributed by atoms with Gasteiger partial charge in [-0.15, -0.1) is 22.9 Å². The molecule has 2 aromatic heterocycles. The molecule has 84 valence electrons. The summed E-state index contributed by atoms with van der Waals surface area (Å²) >= 11 is 11.1. The van der Waals surface area contributed by atoms with Crippen molar-refractivity contribution in [2.24, 2.45) is 0 Å². The Morgan fingerprint density at radius 3 is 2.69 bits per heavy atom. The Hall–Kier alpha value is -0.450. The van der Waals surface area contributed by atoms with Crippen LogP contribution in [0.3, 0.4) is 0 Å². The molecule has 2 aromatic rings. The summed E-state index contributed by atoms with van der Waals surface area (Å²) in [5.41, 5.74) is 1.93. The van der Waals surface area contributed by atoms with Crippen molar-refractivity contribution in [3.63, 3.8) is 0 Å². The van der Waals surface area contributed by atoms with E-state index in [4.69, 9.17) is 11.6 Å². The van der Waals surface area contributed by atoms with Gasteiger partial charge in [0.25, 0.3) is 0 Å². The van der Waals surface area contributed by atoms with Gasteiger partial charge in [-0.25, -0.2) is 9.97 Å². The third-order valence-corrected chi connectivity index (χ3v) is 4.09. The molecule has 1 atom stereocenters. The predicted molar refractivity (Wildman–Crippen MR) is 72.1 cm³/mol. The van der Waals surface area contributed by atoms with E-state index in [1.807, 2.05) is 32.2 Å². The fraction of sp³-hybridized carbons (Fsp3) is 0.273. The molecule has 0 bridgehead atoms. The molecule has 2 rings (SSSR count). The third-order valence-electron chi connectivity index (χ3n) is 2.24. The smallest absolute Gasteiger partial charge is 0.169 e. The minimum absolute atomic E-state index is 0.0517. The molecule has 1 unspecified atom stereocenters. The summed E-state index contributed by atoms with van der Waals surface area (Å²) in [6, 6.07) is 4.00. The number of alkyl halides is 1. The average Bonchev–Trinajstić information content (AvgIpc) is 2.64. The highest BCUT2D eigenvalue weighted by Gasteiger charge is 2.10. The zero-order chi connectivity index (χ0) is 11.7. The summed E-state index contributed by atoms with van der Waals surface area (Å²) in [4.78, 5) is 9.87. The Bertz CT molecular complexity index is 510. The van der Waals surface area contributed by atoms with Crippen LogP contribution < -0.4 is 0 Å². The molecule has 0 saturated carbocycles. The fourth-order valence-corrected chi connectivity index (χ4v) is 2.96. The first-order valence-electron chi connectivity index (χ1n) is 4.81. The first-order chi connectivity index (χ1) is 7.58. The Kier molecular flexibility index (Phi) is 3.62. The molecule has 0 N–H and O–H groups in total. The van der Waals surface area contributed by atoms with Crippen LogP contribution in [-0.2, 0) is 0 Å². The molecule has 0 aromatic carbocycles. The van der Waals surface area contributed by atoms with Gasteiger partial charge in [0.15, 0.2) is 5.82 Å². The molecule has 0 aliphatic heterocycles. The summed E-state index contributed by atoms with van der Waals surface area (Å²) in [7, 11) is 0. The number of thiophene rings is 1. The molecule has 0 aliphatic rings. The van der Waals surface area contributed by atoms with Gasteiger partial charge in [-0.05, 0) is 41.9 Å². The van der Waals surface area contributed by atoms with Crippen molar-refractivity contribution >= 4 is 38.9 Å². The van der Waals surface area contributed by atoms with Crippen LogP contribution in [0.4, 0.5) is 0 Å². The minimum atomic E-state index is -0.0517. The van der Waals surface area contributed by atoms with Crippen molar-refractivity contribution in [3.8, 4) is 10.7 Å². The van der Waals surface area contributed by atoms with E-state index in [0.717, 1.165) is 25.7 Å². The van der Waals surface area contributed by atoms with Crippen molar-refractivity contribution < 1.29 is 0 Å². The van der Waals surface area contributed by atoms with Crippen LogP contribution in [-0.4, -0.2) is 9.97 Å². The van der Waals surface area contributed by atoms with E-state index in [2.05, 4.69) is 25.9 Å². The zero-order valence-electron chi connectivity index (χ0n) is 8.87. The van der Waals surface area contributed by atoms with Gasteiger partial charge < -0.3 is 0 Å². The topological polar surface area (TPSA) is 25.8 Å². The Balaban J connectivity index is 2.42. The number of aromatic nitrogens is 2. The average molecular weight is 318 g/mol. The van der Waals surface area contributed by atoms with E-state index in [1.54, 1.807) is 11.3 Å². The lowest BCUT2D eigenvalue weighted by atomic mass is 10.2. The van der Waals surface area contributed by atoms with Gasteiger partial charge in [-0.3, -0.25) is 0 Å². The van der Waals surface area contributed by atoms with E-state index < -0.39 is 0 Å². The van der Waals surface area contributed by atoms with Gasteiger partial charge >= 0.3 is 0 Å². The van der Waals surface area contributed by atoms with E-state index in [0.29, 0.717) is 0 Å². The molecule has 0 spiro atoms. The van der Waals surface area contributed by atoms with Gasteiger partial charge in [-0.2, -0.15) is 0 Å². The molecule has 2 heterocycles. The highest BCUT2D eigenvalue weighted by atomic mass is 79.9. The second kappa shape index (κ2) is 4.82. The van der Waals surface area contributed by atoms with E-state index in [1.165, 1.54) is 0 Å². The molecule has 0 radical (unpaired) electrons. The van der Waals surface area contributed by atoms with Crippen LogP contribution >= 0.6 is 38.9 Å². The predicted octanol–water partition coefficient (Wildman–Crippen LogP) is 4.58. The van der Waals surface area contributed by atoms with E-state index in [-0.39, 0.29) is 5.38 Å². The summed E-state index contributed by atoms with van der Waals surface area (Å²) < 4.78 is 1.08. The maximum absolute atomic E-state index is 6.03. The van der Waals surface area contributed by atoms with Crippen molar-refractivity contribution in [1.82, 2.24) is 9.97 Å². The highest BCUT2D eigenvalue weighted by Crippen LogP contribution is 2.30. The summed E-state index contributed by atoms with van der Waals surface area (Å²) in [6.45, 7) is 3.89. The number of nitrogens with zero attached hydrogens (tertiary/aromatic N) is 2. The van der Waals surface area contributed by atoms with Crippen LogP contribution in [0.5, 0.6) is 0 Å².